The Kier molecular flexibility index (Phi) is 3.42. The number of hydrogen-bond acceptors (Lipinski definition) is 5. The fourth-order valence-corrected chi connectivity index (χ4v) is 1.87. The molecule has 2 heterocycles. The Bertz CT molecular complexity index is 422. The second kappa shape index (κ2) is 4.82. The van der Waals surface area contributed by atoms with E-state index in [1.807, 2.05) is 4.90 Å². The Morgan fingerprint density at radius 2 is 2.56 bits per heavy atom. The average molecular weight is 245 g/mol. The zero-order valence-corrected chi connectivity index (χ0v) is 9.41. The highest BCUT2D eigenvalue weighted by atomic mass is 35.5. The van der Waals surface area contributed by atoms with Crippen LogP contribution in [-0.4, -0.2) is 42.3 Å². The number of anilines is 1. The first-order valence-electron chi connectivity index (χ1n) is 5.02. The molecule has 1 aliphatic heterocycles. The second-order valence-corrected chi connectivity index (χ2v) is 3.92. The largest absolute Gasteiger partial charge is 0.373 e. The number of hydrogen-bond donors (Lipinski definition) is 2. The van der Waals surface area contributed by atoms with Gasteiger partial charge in [-0.25, -0.2) is 4.98 Å². The molecule has 0 radical (unpaired) electrons. The number of morpholine rings is 1. The smallest absolute Gasteiger partial charge is 0.271 e. The first-order valence-corrected chi connectivity index (χ1v) is 5.40. The summed E-state index contributed by atoms with van der Waals surface area (Å²) in [6.07, 6.45) is 1.31. The molecule has 1 saturated heterocycles. The Morgan fingerprint density at radius 1 is 1.75 bits per heavy atom. The zero-order chi connectivity index (χ0) is 11.5. The third-order valence-corrected chi connectivity index (χ3v) is 2.82. The molecule has 1 aromatic rings. The van der Waals surface area contributed by atoms with Crippen LogP contribution in [0.1, 0.15) is 0 Å². The van der Waals surface area contributed by atoms with Gasteiger partial charge in [0, 0.05) is 19.6 Å². The van der Waals surface area contributed by atoms with Gasteiger partial charge in [-0.1, -0.05) is 11.6 Å². The molecule has 0 aliphatic carbocycles. The fourth-order valence-electron chi connectivity index (χ4n) is 1.65. The van der Waals surface area contributed by atoms with E-state index in [4.69, 9.17) is 22.1 Å². The lowest BCUT2D eigenvalue weighted by atomic mass is 10.2. The summed E-state index contributed by atoms with van der Waals surface area (Å²) in [6, 6.07) is 0. The third-order valence-electron chi connectivity index (χ3n) is 2.48. The van der Waals surface area contributed by atoms with Gasteiger partial charge in [0.05, 0.1) is 19.0 Å². The maximum Gasteiger partial charge on any atom is 0.271 e. The van der Waals surface area contributed by atoms with E-state index in [0.717, 1.165) is 0 Å². The van der Waals surface area contributed by atoms with Gasteiger partial charge in [0.1, 0.15) is 5.02 Å². The Hall–Kier alpha value is -1.11. The standard InChI is InChI=1S/C9H13ClN4O2/c10-7-8(12-5-13-9(7)15)14-1-2-16-6(3-11)4-14/h5-6H,1-4,11H2,(H,12,13,15). The number of aromatic nitrogens is 2. The van der Waals surface area contributed by atoms with Crippen LogP contribution in [0.2, 0.25) is 5.02 Å². The lowest BCUT2D eigenvalue weighted by molar-refractivity contribution is 0.0463. The Balaban J connectivity index is 2.23. The number of nitrogens with one attached hydrogen (secondary N) is 1. The van der Waals surface area contributed by atoms with Crippen LogP contribution in [-0.2, 0) is 4.74 Å². The van der Waals surface area contributed by atoms with Crippen molar-refractivity contribution in [2.24, 2.45) is 5.73 Å². The number of ether oxygens (including phenoxy) is 1. The molecule has 0 bridgehead atoms. The van der Waals surface area contributed by atoms with Crippen molar-refractivity contribution in [2.45, 2.75) is 6.10 Å². The predicted molar refractivity (Wildman–Crippen MR) is 60.9 cm³/mol. The predicted octanol–water partition coefficient (Wildman–Crippen LogP) is -0.413. The number of rotatable bonds is 2. The molecule has 16 heavy (non-hydrogen) atoms. The van der Waals surface area contributed by atoms with E-state index >= 15 is 0 Å². The molecule has 3 N–H and O–H groups in total. The summed E-state index contributed by atoms with van der Waals surface area (Å²) < 4.78 is 5.43. The van der Waals surface area contributed by atoms with Gasteiger partial charge >= 0.3 is 0 Å². The summed E-state index contributed by atoms with van der Waals surface area (Å²) in [4.78, 5) is 19.7. The zero-order valence-electron chi connectivity index (χ0n) is 8.65. The van der Waals surface area contributed by atoms with E-state index in [9.17, 15) is 4.79 Å². The van der Waals surface area contributed by atoms with E-state index in [-0.39, 0.29) is 16.7 Å². The van der Waals surface area contributed by atoms with Crippen LogP contribution in [0.25, 0.3) is 0 Å². The number of aromatic amines is 1. The molecule has 0 aromatic carbocycles. The van der Waals surface area contributed by atoms with Crippen molar-refractivity contribution in [1.29, 1.82) is 0 Å². The van der Waals surface area contributed by atoms with Gasteiger partial charge in [0.2, 0.25) is 0 Å². The van der Waals surface area contributed by atoms with Gasteiger partial charge < -0.3 is 20.4 Å². The highest BCUT2D eigenvalue weighted by molar-refractivity contribution is 6.32. The van der Waals surface area contributed by atoms with Gasteiger partial charge in [-0.05, 0) is 0 Å². The van der Waals surface area contributed by atoms with Gasteiger partial charge in [-0.2, -0.15) is 0 Å². The van der Waals surface area contributed by atoms with Crippen LogP contribution in [0.3, 0.4) is 0 Å². The molecule has 0 saturated carbocycles. The molecule has 88 valence electrons. The molecular weight excluding hydrogens is 232 g/mol. The summed E-state index contributed by atoms with van der Waals surface area (Å²) in [5.41, 5.74) is 5.21. The van der Waals surface area contributed by atoms with Gasteiger partial charge in [0.25, 0.3) is 5.56 Å². The van der Waals surface area contributed by atoms with Gasteiger partial charge in [0.15, 0.2) is 5.82 Å². The summed E-state index contributed by atoms with van der Waals surface area (Å²) in [5.74, 6) is 0.493. The molecule has 1 fully saturated rings. The molecule has 6 nitrogen and oxygen atoms in total. The maximum absolute atomic E-state index is 11.3. The Labute approximate surface area is 97.4 Å². The number of H-pyrrole nitrogens is 1. The maximum atomic E-state index is 11.3. The van der Waals surface area contributed by atoms with Gasteiger partial charge in [-0.3, -0.25) is 4.79 Å². The minimum Gasteiger partial charge on any atom is -0.373 e. The lowest BCUT2D eigenvalue weighted by Crippen LogP contribution is -2.46. The quantitative estimate of drug-likeness (QED) is 0.739. The normalized spacial score (nSPS) is 21.1. The van der Waals surface area contributed by atoms with Gasteiger partial charge in [-0.15, -0.1) is 0 Å². The second-order valence-electron chi connectivity index (χ2n) is 3.54. The van der Waals surface area contributed by atoms with Crippen LogP contribution in [0.5, 0.6) is 0 Å². The fraction of sp³-hybridized carbons (Fsp3) is 0.556. The van der Waals surface area contributed by atoms with Crippen LogP contribution in [0.4, 0.5) is 5.82 Å². The highest BCUT2D eigenvalue weighted by Crippen LogP contribution is 2.20. The minimum atomic E-state index is -0.331. The molecule has 0 amide bonds. The summed E-state index contributed by atoms with van der Waals surface area (Å²) in [7, 11) is 0. The average Bonchev–Trinajstić information content (AvgIpc) is 2.33. The van der Waals surface area contributed by atoms with Crippen LogP contribution in [0, 0.1) is 0 Å². The molecule has 0 spiro atoms. The third kappa shape index (κ3) is 2.18. The SMILES string of the molecule is NCC1CN(c2nc[nH]c(=O)c2Cl)CCO1. The van der Waals surface area contributed by atoms with Crippen LogP contribution >= 0.6 is 11.6 Å². The van der Waals surface area contributed by atoms with E-state index < -0.39 is 0 Å². The molecule has 1 unspecified atom stereocenters. The van der Waals surface area contributed by atoms with Crippen molar-refractivity contribution in [1.82, 2.24) is 9.97 Å². The highest BCUT2D eigenvalue weighted by Gasteiger charge is 2.22. The summed E-state index contributed by atoms with van der Waals surface area (Å²) >= 11 is 5.90. The number of nitrogens with zero attached hydrogens (tertiary/aromatic N) is 2. The van der Waals surface area contributed by atoms with Crippen molar-refractivity contribution in [2.75, 3.05) is 31.1 Å². The number of nitrogens with two attached hydrogens (primary N) is 1. The van der Waals surface area contributed by atoms with E-state index in [2.05, 4.69) is 9.97 Å². The first-order chi connectivity index (χ1) is 7.72. The summed E-state index contributed by atoms with van der Waals surface area (Å²) in [6.45, 7) is 2.27. The topological polar surface area (TPSA) is 84.2 Å². The molecule has 2 rings (SSSR count). The molecule has 7 heteroatoms. The monoisotopic (exact) mass is 244 g/mol. The van der Waals surface area contributed by atoms with E-state index in [1.54, 1.807) is 0 Å². The van der Waals surface area contributed by atoms with E-state index in [0.29, 0.717) is 32.1 Å². The summed E-state index contributed by atoms with van der Waals surface area (Å²) in [5, 5.41) is 0.111. The lowest BCUT2D eigenvalue weighted by Gasteiger charge is -2.33. The first kappa shape index (κ1) is 11.4. The van der Waals surface area contributed by atoms with Crippen LogP contribution < -0.4 is 16.2 Å². The van der Waals surface area contributed by atoms with Crippen molar-refractivity contribution in [3.05, 3.63) is 21.7 Å². The van der Waals surface area contributed by atoms with Crippen molar-refractivity contribution < 1.29 is 4.74 Å². The molecule has 1 aliphatic rings. The minimum absolute atomic E-state index is 0.0362. The van der Waals surface area contributed by atoms with Crippen molar-refractivity contribution >= 4 is 17.4 Å². The molecule has 1 aromatic heterocycles. The van der Waals surface area contributed by atoms with Crippen LogP contribution in [0.15, 0.2) is 11.1 Å². The van der Waals surface area contributed by atoms with E-state index in [1.165, 1.54) is 6.33 Å². The van der Waals surface area contributed by atoms with Crippen molar-refractivity contribution in [3.63, 3.8) is 0 Å². The molecule has 1 atom stereocenters. The Morgan fingerprint density at radius 3 is 3.31 bits per heavy atom. The van der Waals surface area contributed by atoms with Crippen molar-refractivity contribution in [3.8, 4) is 0 Å². The molecular formula is C9H13ClN4O2. The number of halogens is 1.